The van der Waals surface area contributed by atoms with E-state index in [2.05, 4.69) is 62.8 Å². The largest absolute Gasteiger partial charge is 0.508 e. The van der Waals surface area contributed by atoms with Crippen molar-refractivity contribution >= 4 is 76.9 Å². The van der Waals surface area contributed by atoms with E-state index in [4.69, 9.17) is 28.7 Å². The van der Waals surface area contributed by atoms with Crippen LogP contribution < -0.4 is 76.5 Å². The summed E-state index contributed by atoms with van der Waals surface area (Å²) in [5.74, 6) is -13.8. The van der Waals surface area contributed by atoms with Crippen molar-refractivity contribution in [1.29, 1.82) is 0 Å². The van der Waals surface area contributed by atoms with Gasteiger partial charge in [0.15, 0.2) is 5.96 Å². The van der Waals surface area contributed by atoms with Crippen LogP contribution in [0.2, 0.25) is 0 Å². The number of amides is 11. The predicted octanol–water partition coefficient (Wildman–Crippen LogP) is -2.68. The number of aromatic nitrogens is 2. The number of phenolic OH excluding ortho intramolecular Hbond substituents is 1. The number of hydrogen-bond acceptors (Lipinski definition) is 16. The van der Waals surface area contributed by atoms with E-state index in [0.717, 1.165) is 0 Å². The number of carboxylic acids is 1. The van der Waals surface area contributed by atoms with Gasteiger partial charge in [-0.15, -0.1) is 0 Å². The van der Waals surface area contributed by atoms with Crippen molar-refractivity contribution in [2.45, 2.75) is 194 Å². The number of carbonyl (C=O) groups excluding carboxylic acids is 11. The molecule has 0 bridgehead atoms. The van der Waals surface area contributed by atoms with Crippen molar-refractivity contribution in [2.24, 2.45) is 63.3 Å². The van der Waals surface area contributed by atoms with Crippen LogP contribution >= 0.6 is 0 Å². The lowest BCUT2D eigenvalue weighted by Crippen LogP contribution is -2.62. The molecule has 2 rings (SSSR count). The minimum absolute atomic E-state index is 0.0200. The second-order valence-corrected chi connectivity index (χ2v) is 23.8. The highest BCUT2D eigenvalue weighted by molar-refractivity contribution is 6.00. The first-order chi connectivity index (χ1) is 41.6. The fraction of sp³-hybridized carbons (Fsp3) is 0.621. The average molecular weight is 1250 g/mol. The number of carboxylic acid groups (broad SMARTS) is 1. The molecule has 22 N–H and O–H groups in total. The lowest BCUT2D eigenvalue weighted by atomic mass is 9.96. The van der Waals surface area contributed by atoms with E-state index >= 15 is 0 Å². The molecule has 1 aromatic carbocycles. The van der Waals surface area contributed by atoms with Crippen LogP contribution in [0.25, 0.3) is 0 Å². The third-order valence-corrected chi connectivity index (χ3v) is 14.0. The van der Waals surface area contributed by atoms with E-state index < -0.39 is 156 Å². The van der Waals surface area contributed by atoms with Gasteiger partial charge in [-0.25, -0.2) is 9.78 Å². The number of phenols is 1. The third kappa shape index (κ3) is 28.2. The Balaban J connectivity index is 2.55. The number of imidazole rings is 1. The van der Waals surface area contributed by atoms with Crippen LogP contribution in [0.4, 0.5) is 0 Å². The van der Waals surface area contributed by atoms with Crippen molar-refractivity contribution < 1.29 is 67.7 Å². The second kappa shape index (κ2) is 37.7. The molecular weight excluding hydrogens is 1160 g/mol. The van der Waals surface area contributed by atoms with E-state index in [-0.39, 0.29) is 81.0 Å². The molecule has 1 heterocycles. The Labute approximate surface area is 518 Å². The molecule has 0 radical (unpaired) electrons. The summed E-state index contributed by atoms with van der Waals surface area (Å²) in [5, 5.41) is 42.8. The van der Waals surface area contributed by atoms with E-state index in [1.165, 1.54) is 36.8 Å². The molecule has 89 heavy (non-hydrogen) atoms. The number of aromatic hydroxyl groups is 1. The standard InChI is InChI=1S/C58H95N17O14/c1-11-32(10)47(56(87)73-43(57(88)89)21-30(6)7)75-54(85)42(25-45(61)78)70-49(80)37(13-12-18-65-58(62)63)67-50(81)38(20-29(4)5)72-55(86)46(31(8)9)74-53(84)39(22-33-14-16-35(76)17-15-33)69-52(83)41(24-44(60)77)71-51(82)40(23-34-26-64-27-66-34)68-48(79)36(59)19-28(2)3/h14-17,26-32,36-43,46-47,76H,11-13,18-25,59H2,1-10H3,(H2,60,77)(H2,61,78)(H,64,66)(H,67,81)(H,68,79)(H,69,83)(H,70,80)(H,71,82)(H,72,86)(H,73,87)(H,74,84)(H,75,85)(H,88,89)(H4,62,63,65)/t32-,36-,37-,38-,39-,40-,41-,42-,43-,46-,47-/m0/s1. The fourth-order valence-electron chi connectivity index (χ4n) is 9.14. The first-order valence-corrected chi connectivity index (χ1v) is 29.7. The normalized spacial score (nSPS) is 15.0. The Hall–Kier alpha value is -8.90. The first kappa shape index (κ1) is 76.2. The van der Waals surface area contributed by atoms with Gasteiger partial charge in [0.1, 0.15) is 60.1 Å². The van der Waals surface area contributed by atoms with Gasteiger partial charge >= 0.3 is 5.97 Å². The zero-order chi connectivity index (χ0) is 67.4. The molecule has 2 aromatic rings. The average Bonchev–Trinajstić information content (AvgIpc) is 2.48. The highest BCUT2D eigenvalue weighted by atomic mass is 16.4. The molecule has 0 aliphatic carbocycles. The van der Waals surface area contributed by atoms with Gasteiger partial charge in [0.05, 0.1) is 25.2 Å². The maximum absolute atomic E-state index is 14.6. The summed E-state index contributed by atoms with van der Waals surface area (Å²) in [5.41, 5.74) is 29.1. The number of nitrogens with zero attached hydrogens (tertiary/aromatic N) is 2. The zero-order valence-electron chi connectivity index (χ0n) is 52.5. The fourth-order valence-corrected chi connectivity index (χ4v) is 9.14. The summed E-state index contributed by atoms with van der Waals surface area (Å²) < 4.78 is 0. The molecule has 0 aliphatic heterocycles. The number of aliphatic carboxylic acids is 1. The van der Waals surface area contributed by atoms with Gasteiger partial charge in [0, 0.05) is 31.3 Å². The summed E-state index contributed by atoms with van der Waals surface area (Å²) in [6.07, 6.45) is 1.24. The third-order valence-electron chi connectivity index (χ3n) is 14.0. The van der Waals surface area contributed by atoms with Crippen LogP contribution in [0.5, 0.6) is 5.75 Å². The highest BCUT2D eigenvalue weighted by Crippen LogP contribution is 2.16. The van der Waals surface area contributed by atoms with Crippen LogP contribution in [0.15, 0.2) is 41.8 Å². The Kier molecular flexibility index (Phi) is 32.3. The van der Waals surface area contributed by atoms with E-state index in [1.54, 1.807) is 55.4 Å². The van der Waals surface area contributed by atoms with Crippen LogP contribution in [-0.2, 0) is 70.4 Å². The number of benzene rings is 1. The van der Waals surface area contributed by atoms with Gasteiger partial charge in [0.25, 0.3) is 0 Å². The van der Waals surface area contributed by atoms with Crippen LogP contribution in [-0.4, -0.2) is 164 Å². The van der Waals surface area contributed by atoms with Crippen molar-refractivity contribution in [3.05, 3.63) is 48.0 Å². The van der Waals surface area contributed by atoms with Crippen LogP contribution in [0, 0.1) is 29.6 Å². The second-order valence-electron chi connectivity index (χ2n) is 23.8. The van der Waals surface area contributed by atoms with Gasteiger partial charge in [-0.3, -0.25) is 57.7 Å². The Morgan fingerprint density at radius 3 is 1.45 bits per heavy atom. The van der Waals surface area contributed by atoms with Crippen molar-refractivity contribution in [2.75, 3.05) is 6.54 Å². The smallest absolute Gasteiger partial charge is 0.326 e. The number of guanidine groups is 1. The summed E-state index contributed by atoms with van der Waals surface area (Å²) in [7, 11) is 0. The number of nitrogens with two attached hydrogens (primary N) is 5. The molecule has 496 valence electrons. The summed E-state index contributed by atoms with van der Waals surface area (Å²) >= 11 is 0. The van der Waals surface area contributed by atoms with E-state index in [0.29, 0.717) is 17.7 Å². The molecule has 0 saturated carbocycles. The molecule has 11 atom stereocenters. The van der Waals surface area contributed by atoms with Crippen molar-refractivity contribution in [3.8, 4) is 5.75 Å². The van der Waals surface area contributed by atoms with E-state index in [1.807, 2.05) is 13.8 Å². The summed E-state index contributed by atoms with van der Waals surface area (Å²) in [6.45, 7) is 17.2. The van der Waals surface area contributed by atoms with Crippen LogP contribution in [0.1, 0.15) is 132 Å². The number of hydrogen-bond donors (Lipinski definition) is 17. The number of nitrogens with one attached hydrogen (secondary N) is 10. The number of aromatic amines is 1. The van der Waals surface area contributed by atoms with Crippen molar-refractivity contribution in [1.82, 2.24) is 57.8 Å². The Morgan fingerprint density at radius 1 is 0.528 bits per heavy atom. The molecule has 31 heteroatoms. The minimum atomic E-state index is -1.74. The molecule has 31 nitrogen and oxygen atoms in total. The molecule has 1 aromatic heterocycles. The van der Waals surface area contributed by atoms with Gasteiger partial charge in [-0.05, 0) is 79.4 Å². The Bertz CT molecular complexity index is 2740. The molecule has 0 saturated heterocycles. The van der Waals surface area contributed by atoms with Gasteiger partial charge < -0.3 is 91.7 Å². The maximum atomic E-state index is 14.6. The van der Waals surface area contributed by atoms with Crippen LogP contribution in [0.3, 0.4) is 0 Å². The molecular formula is C58H95N17O14. The predicted molar refractivity (Wildman–Crippen MR) is 327 cm³/mol. The lowest BCUT2D eigenvalue weighted by molar-refractivity contribution is -0.143. The molecule has 0 unspecified atom stereocenters. The van der Waals surface area contributed by atoms with Gasteiger partial charge in [-0.2, -0.15) is 0 Å². The highest BCUT2D eigenvalue weighted by Gasteiger charge is 2.38. The number of aliphatic imine (C=N–C) groups is 1. The minimum Gasteiger partial charge on any atom is -0.508 e. The van der Waals surface area contributed by atoms with Crippen molar-refractivity contribution in [3.63, 3.8) is 0 Å². The number of carbonyl (C=O) groups is 12. The quantitative estimate of drug-likeness (QED) is 0.0184. The summed E-state index contributed by atoms with van der Waals surface area (Å²) in [4.78, 5) is 175. The summed E-state index contributed by atoms with van der Waals surface area (Å²) in [6, 6.07) is -8.88. The molecule has 0 fully saturated rings. The maximum Gasteiger partial charge on any atom is 0.326 e. The lowest BCUT2D eigenvalue weighted by Gasteiger charge is -2.30. The SMILES string of the molecule is CC[C@H](C)[C@H](NC(=O)[C@H](CC(N)=O)NC(=O)[C@H](CCCN=C(N)N)NC(=O)[C@H](CC(C)C)NC(=O)[C@@H](NC(=O)[C@H](Cc1ccc(O)cc1)NC(=O)[C@H](CC(N)=O)NC(=O)[C@H](Cc1cnc[nH]1)NC(=O)[C@@H](N)CC(C)C)C(C)C)C(=O)N[C@@H](CC(C)C)C(=O)O. The monoisotopic (exact) mass is 1250 g/mol. The van der Waals surface area contributed by atoms with Gasteiger partial charge in [0.2, 0.25) is 65.0 Å². The molecule has 0 aliphatic rings. The first-order valence-electron chi connectivity index (χ1n) is 29.7. The molecule has 0 spiro atoms. The number of primary amides is 2. The zero-order valence-corrected chi connectivity index (χ0v) is 52.5. The number of H-pyrrole nitrogens is 1. The Morgan fingerprint density at radius 2 is 0.955 bits per heavy atom. The molecule has 11 amide bonds. The topological polar surface area (TPSA) is 525 Å². The number of rotatable bonds is 40. The van der Waals surface area contributed by atoms with E-state index in [9.17, 15) is 67.7 Å². The van der Waals surface area contributed by atoms with Gasteiger partial charge in [-0.1, -0.05) is 87.8 Å².